The van der Waals surface area contributed by atoms with Crippen molar-refractivity contribution in [2.75, 3.05) is 24.6 Å². The molecule has 1 aromatic carbocycles. The van der Waals surface area contributed by atoms with Crippen LogP contribution >= 0.6 is 0 Å². The molecule has 2 rings (SSSR count). The van der Waals surface area contributed by atoms with Gasteiger partial charge in [-0.05, 0) is 37.6 Å². The van der Waals surface area contributed by atoms with E-state index in [9.17, 15) is 9.59 Å². The number of amides is 3. The second-order valence-corrected chi connectivity index (χ2v) is 5.27. The van der Waals surface area contributed by atoms with Crippen LogP contribution in [0, 0.1) is 0 Å². The highest BCUT2D eigenvalue weighted by molar-refractivity contribution is 6.19. The van der Waals surface area contributed by atoms with Gasteiger partial charge in [0.25, 0.3) is 5.91 Å². The molecule has 24 heavy (non-hydrogen) atoms. The molecule has 1 aliphatic heterocycles. The second kappa shape index (κ2) is 8.10. The number of carbonyl (C=O) groups excluding carboxylic acids is 2. The molecule has 1 heterocycles. The Morgan fingerprint density at radius 3 is 2.67 bits per heavy atom. The third-order valence-corrected chi connectivity index (χ3v) is 3.54. The monoisotopic (exact) mass is 327 g/mol. The number of urea groups is 1. The molecule has 3 amide bonds. The minimum atomic E-state index is -0.326. The molecule has 0 atom stereocenters. The van der Waals surface area contributed by atoms with Gasteiger partial charge in [0.1, 0.15) is 13.2 Å². The molecule has 0 unspecified atom stereocenters. The summed E-state index contributed by atoms with van der Waals surface area (Å²) in [5.41, 5.74) is 2.13. The van der Waals surface area contributed by atoms with Crippen molar-refractivity contribution in [1.29, 1.82) is 0 Å². The van der Waals surface area contributed by atoms with E-state index in [0.29, 0.717) is 18.8 Å². The Morgan fingerprint density at radius 2 is 2.04 bits per heavy atom. The van der Waals surface area contributed by atoms with Gasteiger partial charge in [-0.15, -0.1) is 6.58 Å². The van der Waals surface area contributed by atoms with Crippen LogP contribution in [0.3, 0.4) is 0 Å². The van der Waals surface area contributed by atoms with Crippen molar-refractivity contribution < 1.29 is 14.4 Å². The molecule has 0 bridgehead atoms. The number of hydrogen-bond acceptors (Lipinski definition) is 4. The largest absolute Gasteiger partial charge is 0.391 e. The summed E-state index contributed by atoms with van der Waals surface area (Å²) in [6, 6.07) is 6.75. The predicted octanol–water partition coefficient (Wildman–Crippen LogP) is 2.96. The first-order chi connectivity index (χ1) is 11.6. The van der Waals surface area contributed by atoms with Crippen molar-refractivity contribution in [1.82, 2.24) is 4.90 Å². The van der Waals surface area contributed by atoms with Crippen molar-refractivity contribution in [3.8, 4) is 0 Å². The van der Waals surface area contributed by atoms with E-state index in [1.165, 1.54) is 9.80 Å². The number of carbonyl (C=O) groups is 2. The minimum Gasteiger partial charge on any atom is -0.391 e. The molecule has 0 spiro atoms. The second-order valence-electron chi connectivity index (χ2n) is 5.27. The topological polar surface area (TPSA) is 62.2 Å². The molecule has 0 radical (unpaired) electrons. The van der Waals surface area contributed by atoms with Crippen LogP contribution in [-0.2, 0) is 9.63 Å². The molecule has 126 valence electrons. The van der Waals surface area contributed by atoms with Gasteiger partial charge in [0.05, 0.1) is 11.4 Å². The zero-order valence-electron chi connectivity index (χ0n) is 13.9. The highest BCUT2D eigenvalue weighted by Crippen LogP contribution is 2.22. The fourth-order valence-electron chi connectivity index (χ4n) is 2.28. The fraction of sp³-hybridized carbons (Fsp3) is 0.278. The predicted molar refractivity (Wildman–Crippen MR) is 94.1 cm³/mol. The molecule has 6 nitrogen and oxygen atoms in total. The Kier molecular flexibility index (Phi) is 5.89. The van der Waals surface area contributed by atoms with Gasteiger partial charge in [-0.25, -0.2) is 9.69 Å². The maximum atomic E-state index is 12.3. The number of nitrogens with zero attached hydrogens (tertiary/aromatic N) is 3. The zero-order chi connectivity index (χ0) is 17.5. The van der Waals surface area contributed by atoms with E-state index in [1.807, 2.05) is 38.1 Å². The highest BCUT2D eigenvalue weighted by atomic mass is 16.6. The third-order valence-electron chi connectivity index (χ3n) is 3.54. The summed E-state index contributed by atoms with van der Waals surface area (Å²) >= 11 is 0. The number of imide groups is 1. The van der Waals surface area contributed by atoms with Crippen molar-refractivity contribution >= 4 is 23.3 Å². The van der Waals surface area contributed by atoms with E-state index >= 15 is 0 Å². The first kappa shape index (κ1) is 17.5. The smallest absolute Gasteiger partial charge is 0.332 e. The summed E-state index contributed by atoms with van der Waals surface area (Å²) in [7, 11) is 0. The first-order valence-electron chi connectivity index (χ1n) is 7.69. The average Bonchev–Trinajstić information content (AvgIpc) is 2.86. The summed E-state index contributed by atoms with van der Waals surface area (Å²) in [6.45, 7) is 8.19. The van der Waals surface area contributed by atoms with Crippen LogP contribution in [0.4, 0.5) is 10.5 Å². The molecule has 1 aliphatic rings. The summed E-state index contributed by atoms with van der Waals surface area (Å²) < 4.78 is 0. The van der Waals surface area contributed by atoms with Crippen LogP contribution in [-0.4, -0.2) is 42.2 Å². The number of oxime groups is 1. The maximum Gasteiger partial charge on any atom is 0.332 e. The Hall–Kier alpha value is -2.89. The average molecular weight is 327 g/mol. The Morgan fingerprint density at radius 1 is 1.33 bits per heavy atom. The molecule has 0 aromatic heterocycles. The standard InChI is InChI=1S/C18H21N3O3/c1-4-6-12-24-19-14(3)15-7-9-16(10-8-15)21-17(22)13-20(11-5-2)18(21)23/h4-10H,2,11-13H2,1,3H3/b6-4+,19-14?. The number of anilines is 1. The quantitative estimate of drug-likeness (QED) is 0.254. The van der Waals surface area contributed by atoms with Crippen LogP contribution in [0.25, 0.3) is 0 Å². The lowest BCUT2D eigenvalue weighted by Crippen LogP contribution is -2.33. The van der Waals surface area contributed by atoms with Crippen molar-refractivity contribution in [3.63, 3.8) is 0 Å². The molecular weight excluding hydrogens is 306 g/mol. The summed E-state index contributed by atoms with van der Waals surface area (Å²) in [5.74, 6) is -0.241. The van der Waals surface area contributed by atoms with E-state index in [4.69, 9.17) is 4.84 Å². The number of rotatable bonds is 7. The number of benzene rings is 1. The summed E-state index contributed by atoms with van der Waals surface area (Å²) in [5, 5.41) is 4.02. The molecular formula is C18H21N3O3. The SMILES string of the molecule is C=CCN1CC(=O)N(c2ccc(C(C)=NOC/C=C/C)cc2)C1=O. The lowest BCUT2D eigenvalue weighted by molar-refractivity contribution is -0.116. The van der Waals surface area contributed by atoms with Crippen LogP contribution in [0.5, 0.6) is 0 Å². The zero-order valence-corrected chi connectivity index (χ0v) is 13.9. The van der Waals surface area contributed by atoms with E-state index in [1.54, 1.807) is 18.2 Å². The molecule has 1 fully saturated rings. The van der Waals surface area contributed by atoms with Gasteiger partial charge in [-0.3, -0.25) is 4.79 Å². The van der Waals surface area contributed by atoms with Gasteiger partial charge in [-0.1, -0.05) is 29.4 Å². The third kappa shape index (κ3) is 3.90. The Labute approximate surface area is 141 Å². The molecule has 0 saturated carbocycles. The molecule has 6 heteroatoms. The van der Waals surface area contributed by atoms with Crippen LogP contribution in [0.1, 0.15) is 19.4 Å². The number of allylic oxidation sites excluding steroid dienone is 1. The Balaban J connectivity index is 2.10. The van der Waals surface area contributed by atoms with Crippen LogP contribution < -0.4 is 4.90 Å². The maximum absolute atomic E-state index is 12.3. The van der Waals surface area contributed by atoms with Gasteiger partial charge in [0, 0.05) is 6.54 Å². The lowest BCUT2D eigenvalue weighted by Gasteiger charge is -2.16. The Bertz CT molecular complexity index is 677. The van der Waals surface area contributed by atoms with Crippen LogP contribution in [0.15, 0.2) is 54.2 Å². The summed E-state index contributed by atoms with van der Waals surface area (Å²) in [4.78, 5) is 32.1. The van der Waals surface area contributed by atoms with Crippen molar-refractivity contribution in [2.24, 2.45) is 5.16 Å². The molecule has 1 aromatic rings. The lowest BCUT2D eigenvalue weighted by atomic mass is 10.1. The number of hydrogen-bond donors (Lipinski definition) is 0. The van der Waals surface area contributed by atoms with Gasteiger partial charge in [-0.2, -0.15) is 0 Å². The summed E-state index contributed by atoms with van der Waals surface area (Å²) in [6.07, 6.45) is 5.35. The first-order valence-corrected chi connectivity index (χ1v) is 7.69. The van der Waals surface area contributed by atoms with E-state index in [0.717, 1.165) is 11.3 Å². The minimum absolute atomic E-state index is 0.0753. The van der Waals surface area contributed by atoms with Gasteiger partial charge < -0.3 is 9.74 Å². The van der Waals surface area contributed by atoms with Crippen molar-refractivity contribution in [2.45, 2.75) is 13.8 Å². The molecule has 0 N–H and O–H groups in total. The van der Waals surface area contributed by atoms with E-state index < -0.39 is 0 Å². The highest BCUT2D eigenvalue weighted by Gasteiger charge is 2.36. The van der Waals surface area contributed by atoms with E-state index in [-0.39, 0.29) is 18.5 Å². The fourth-order valence-corrected chi connectivity index (χ4v) is 2.28. The van der Waals surface area contributed by atoms with Gasteiger partial charge >= 0.3 is 6.03 Å². The normalized spacial score (nSPS) is 15.5. The van der Waals surface area contributed by atoms with Gasteiger partial charge in [0.2, 0.25) is 0 Å². The van der Waals surface area contributed by atoms with E-state index in [2.05, 4.69) is 11.7 Å². The van der Waals surface area contributed by atoms with Gasteiger partial charge in [0.15, 0.2) is 0 Å². The van der Waals surface area contributed by atoms with Crippen molar-refractivity contribution in [3.05, 3.63) is 54.6 Å². The molecule has 1 saturated heterocycles. The van der Waals surface area contributed by atoms with Crippen LogP contribution in [0.2, 0.25) is 0 Å². The molecule has 0 aliphatic carbocycles.